The topological polar surface area (TPSA) is 78.5 Å². The molecule has 2 fully saturated rings. The minimum Gasteiger partial charge on any atom is -0.353 e. The van der Waals surface area contributed by atoms with E-state index in [9.17, 15) is 13.2 Å². The summed E-state index contributed by atoms with van der Waals surface area (Å²) in [5.74, 6) is -0.0812. The van der Waals surface area contributed by atoms with Gasteiger partial charge >= 0.3 is 0 Å². The molecule has 0 atom stereocenters. The number of carbonyl (C=O) groups excluding carboxylic acids is 1. The highest BCUT2D eigenvalue weighted by Gasteiger charge is 2.32. The Morgan fingerprint density at radius 3 is 1.93 bits per heavy atom. The molecule has 1 aromatic carbocycles. The van der Waals surface area contributed by atoms with Gasteiger partial charge < -0.3 is 10.2 Å². The van der Waals surface area contributed by atoms with E-state index in [1.807, 2.05) is 34.6 Å². The van der Waals surface area contributed by atoms with Gasteiger partial charge in [0.2, 0.25) is 15.9 Å². The fraction of sp³-hybridized carbons (Fsp3) is 0.682. The summed E-state index contributed by atoms with van der Waals surface area (Å²) < 4.78 is 28.5. The summed E-state index contributed by atoms with van der Waals surface area (Å²) >= 11 is 0. The molecule has 1 aliphatic carbocycles. The predicted octanol–water partition coefficient (Wildman–Crippen LogP) is 2.64. The van der Waals surface area contributed by atoms with E-state index < -0.39 is 10.0 Å². The van der Waals surface area contributed by atoms with Gasteiger partial charge in [0.15, 0.2) is 0 Å². The number of hydrogen-bond acceptors (Lipinski definition) is 4. The summed E-state index contributed by atoms with van der Waals surface area (Å²) in [5, 5.41) is 3.07. The minimum atomic E-state index is -3.66. The fourth-order valence-corrected chi connectivity index (χ4v) is 6.02. The van der Waals surface area contributed by atoms with Gasteiger partial charge in [-0.05, 0) is 88.1 Å². The first kappa shape index (κ1) is 22.2. The number of carbonyl (C=O) groups is 1. The average molecular weight is 422 g/mol. The average Bonchev–Trinajstić information content (AvgIpc) is 3.50. The number of rotatable bonds is 7. The zero-order valence-corrected chi connectivity index (χ0v) is 19.2. The van der Waals surface area contributed by atoms with Gasteiger partial charge in [-0.25, -0.2) is 13.1 Å². The maximum Gasteiger partial charge on any atom is 0.241 e. The summed E-state index contributed by atoms with van der Waals surface area (Å²) in [5.41, 5.74) is 4.70. The van der Waals surface area contributed by atoms with Crippen LogP contribution in [0, 0.1) is 34.6 Å². The molecule has 1 saturated heterocycles. The summed E-state index contributed by atoms with van der Waals surface area (Å²) in [6.45, 7) is 11.8. The normalized spacial score (nSPS) is 18.8. The molecule has 7 heteroatoms. The molecule has 0 radical (unpaired) electrons. The minimum absolute atomic E-state index is 0.0812. The largest absolute Gasteiger partial charge is 0.353 e. The molecule has 1 saturated carbocycles. The van der Waals surface area contributed by atoms with Gasteiger partial charge in [-0.15, -0.1) is 0 Å². The Morgan fingerprint density at radius 2 is 1.41 bits per heavy atom. The molecule has 0 unspecified atom stereocenters. The number of nitrogens with zero attached hydrogens (tertiary/aromatic N) is 1. The summed E-state index contributed by atoms with van der Waals surface area (Å²) in [6.07, 6.45) is 4.75. The Morgan fingerprint density at radius 1 is 0.897 bits per heavy atom. The Labute approximate surface area is 175 Å². The second-order valence-electron chi connectivity index (χ2n) is 8.71. The van der Waals surface area contributed by atoms with Gasteiger partial charge in [0.25, 0.3) is 0 Å². The van der Waals surface area contributed by atoms with Crippen LogP contribution in [0.1, 0.15) is 59.9 Å². The highest BCUT2D eigenvalue weighted by molar-refractivity contribution is 7.89. The third-order valence-electron chi connectivity index (χ3n) is 6.80. The highest BCUT2D eigenvalue weighted by Crippen LogP contribution is 2.30. The van der Waals surface area contributed by atoms with Crippen LogP contribution < -0.4 is 10.0 Å². The molecule has 6 nitrogen and oxygen atoms in total. The van der Waals surface area contributed by atoms with Crippen molar-refractivity contribution in [1.82, 2.24) is 14.9 Å². The molecule has 2 N–H and O–H groups in total. The van der Waals surface area contributed by atoms with Crippen LogP contribution in [0.4, 0.5) is 0 Å². The van der Waals surface area contributed by atoms with Crippen molar-refractivity contribution in [2.45, 2.75) is 83.7 Å². The number of amides is 1. The molecular weight excluding hydrogens is 386 g/mol. The van der Waals surface area contributed by atoms with E-state index in [-0.39, 0.29) is 24.9 Å². The lowest BCUT2D eigenvalue weighted by atomic mass is 9.95. The number of likely N-dealkylation sites (tertiary alicyclic amines) is 1. The second-order valence-corrected chi connectivity index (χ2v) is 10.4. The summed E-state index contributed by atoms with van der Waals surface area (Å²) in [6, 6.07) is 0.989. The molecule has 2 aliphatic rings. The third kappa shape index (κ3) is 5.01. The highest BCUT2D eigenvalue weighted by atomic mass is 32.2. The standard InChI is InChI=1S/C22H35N3O3S/c1-14-15(2)17(4)22(18(5)16(14)3)29(27,28)23-11-8-21(26)24-19-9-12-25(13-10-19)20-6-7-20/h19-20,23H,6-13H2,1-5H3,(H,24,26). The van der Waals surface area contributed by atoms with Crippen molar-refractivity contribution in [1.29, 1.82) is 0 Å². The molecule has 1 aliphatic heterocycles. The number of sulfonamides is 1. The van der Waals surface area contributed by atoms with E-state index in [1.54, 1.807) is 0 Å². The maximum atomic E-state index is 12.9. The van der Waals surface area contributed by atoms with Crippen LogP contribution in [0.25, 0.3) is 0 Å². The first-order valence-corrected chi connectivity index (χ1v) is 12.2. The molecule has 29 heavy (non-hydrogen) atoms. The van der Waals surface area contributed by atoms with Crippen LogP contribution in [0.2, 0.25) is 0 Å². The Kier molecular flexibility index (Phi) is 6.70. The van der Waals surface area contributed by atoms with Gasteiger partial charge in [-0.2, -0.15) is 0 Å². The smallest absolute Gasteiger partial charge is 0.241 e. The van der Waals surface area contributed by atoms with E-state index in [4.69, 9.17) is 0 Å². The number of hydrogen-bond donors (Lipinski definition) is 2. The van der Waals surface area contributed by atoms with Crippen LogP contribution in [0.3, 0.4) is 0 Å². The quantitative estimate of drug-likeness (QED) is 0.709. The lowest BCUT2D eigenvalue weighted by Gasteiger charge is -2.32. The first-order chi connectivity index (χ1) is 13.6. The number of nitrogens with one attached hydrogen (secondary N) is 2. The molecule has 1 heterocycles. The van der Waals surface area contributed by atoms with Crippen molar-refractivity contribution in [3.63, 3.8) is 0 Å². The van der Waals surface area contributed by atoms with Gasteiger partial charge in [-0.3, -0.25) is 4.79 Å². The van der Waals surface area contributed by atoms with Crippen LogP contribution in [0.5, 0.6) is 0 Å². The zero-order valence-electron chi connectivity index (χ0n) is 18.4. The van der Waals surface area contributed by atoms with Crippen LogP contribution in [-0.4, -0.2) is 50.9 Å². The Bertz CT molecular complexity index is 854. The van der Waals surface area contributed by atoms with Gasteiger partial charge in [0.1, 0.15) is 0 Å². The third-order valence-corrected chi connectivity index (χ3v) is 8.54. The van der Waals surface area contributed by atoms with E-state index in [0.29, 0.717) is 4.90 Å². The first-order valence-electron chi connectivity index (χ1n) is 10.7. The van der Waals surface area contributed by atoms with Crippen molar-refractivity contribution in [3.8, 4) is 0 Å². The second kappa shape index (κ2) is 8.74. The molecular formula is C22H35N3O3S. The zero-order chi connectivity index (χ0) is 21.3. The molecule has 0 aromatic heterocycles. The van der Waals surface area contributed by atoms with Crippen molar-refractivity contribution >= 4 is 15.9 Å². The molecule has 0 spiro atoms. The van der Waals surface area contributed by atoms with E-state index in [0.717, 1.165) is 59.8 Å². The van der Waals surface area contributed by atoms with Gasteiger partial charge in [0.05, 0.1) is 4.90 Å². The summed E-state index contributed by atoms with van der Waals surface area (Å²) in [7, 11) is -3.66. The van der Waals surface area contributed by atoms with E-state index in [1.165, 1.54) is 12.8 Å². The van der Waals surface area contributed by atoms with Crippen LogP contribution >= 0.6 is 0 Å². The Balaban J connectivity index is 1.52. The molecule has 162 valence electrons. The SMILES string of the molecule is Cc1c(C)c(C)c(S(=O)(=O)NCCC(=O)NC2CCN(C3CC3)CC2)c(C)c1C. The van der Waals surface area contributed by atoms with Crippen LogP contribution in [-0.2, 0) is 14.8 Å². The van der Waals surface area contributed by atoms with Crippen molar-refractivity contribution in [2.24, 2.45) is 0 Å². The molecule has 3 rings (SSSR count). The molecule has 0 bridgehead atoms. The lowest BCUT2D eigenvalue weighted by molar-refractivity contribution is -0.121. The molecule has 1 aromatic rings. The molecule has 1 amide bonds. The maximum absolute atomic E-state index is 12.9. The monoisotopic (exact) mass is 421 g/mol. The van der Waals surface area contributed by atoms with Crippen molar-refractivity contribution < 1.29 is 13.2 Å². The van der Waals surface area contributed by atoms with Crippen LogP contribution in [0.15, 0.2) is 4.90 Å². The summed E-state index contributed by atoms with van der Waals surface area (Å²) in [4.78, 5) is 15.2. The fourth-order valence-electron chi connectivity index (χ4n) is 4.39. The van der Waals surface area contributed by atoms with Gasteiger partial charge in [0, 0.05) is 38.1 Å². The lowest BCUT2D eigenvalue weighted by Crippen LogP contribution is -2.45. The predicted molar refractivity (Wildman–Crippen MR) is 116 cm³/mol. The van der Waals surface area contributed by atoms with Gasteiger partial charge in [-0.1, -0.05) is 0 Å². The van der Waals surface area contributed by atoms with Crippen molar-refractivity contribution in [2.75, 3.05) is 19.6 Å². The van der Waals surface area contributed by atoms with E-state index in [2.05, 4.69) is 14.9 Å². The van der Waals surface area contributed by atoms with Crippen molar-refractivity contribution in [3.05, 3.63) is 27.8 Å². The van der Waals surface area contributed by atoms with E-state index >= 15 is 0 Å². The Hall–Kier alpha value is -1.44. The number of benzene rings is 1. The number of piperidine rings is 1.